The Morgan fingerprint density at radius 1 is 0.970 bits per heavy atom. The molecule has 0 amide bonds. The smallest absolute Gasteiger partial charge is 0.163 e. The van der Waals surface area contributed by atoms with Crippen LogP contribution in [0.2, 0.25) is 0 Å². The van der Waals surface area contributed by atoms with E-state index in [0.29, 0.717) is 25.2 Å². The van der Waals surface area contributed by atoms with Crippen LogP contribution in [0.15, 0.2) is 42.5 Å². The van der Waals surface area contributed by atoms with Gasteiger partial charge in [0.05, 0.1) is 0 Å². The molecule has 2 aliphatic rings. The fraction of sp³-hybridized carbons (Fsp3) is 0.433. The van der Waals surface area contributed by atoms with E-state index in [1.165, 1.54) is 0 Å². The van der Waals surface area contributed by atoms with Crippen molar-refractivity contribution >= 4 is 17.3 Å². The van der Waals surface area contributed by atoms with Gasteiger partial charge in [0.15, 0.2) is 5.78 Å². The van der Waals surface area contributed by atoms with Crippen molar-refractivity contribution in [3.05, 3.63) is 70.3 Å². The Morgan fingerprint density at radius 2 is 1.55 bits per heavy atom. The average molecular weight is 441 g/mol. The predicted molar refractivity (Wildman–Crippen MR) is 130 cm³/mol. The highest BCUT2D eigenvalue weighted by atomic mass is 16.2. The zero-order valence-corrected chi connectivity index (χ0v) is 19.9. The van der Waals surface area contributed by atoms with E-state index in [4.69, 9.17) is 0 Å². The highest BCUT2D eigenvalue weighted by Crippen LogP contribution is 2.50. The summed E-state index contributed by atoms with van der Waals surface area (Å²) in [6.45, 7) is 5.75. The minimum atomic E-state index is -0.642. The molecule has 0 radical (unpaired) electrons. The summed E-state index contributed by atoms with van der Waals surface area (Å²) in [4.78, 5) is 39.3. The van der Waals surface area contributed by atoms with Gasteiger partial charge in [-0.05, 0) is 86.6 Å². The number of hydrogen-bond donors (Lipinski definition) is 0. The molecule has 3 nitrogen and oxygen atoms in total. The molecule has 0 unspecified atom stereocenters. The van der Waals surface area contributed by atoms with Gasteiger partial charge in [0, 0.05) is 30.4 Å². The van der Waals surface area contributed by atoms with E-state index in [1.807, 2.05) is 56.3 Å². The van der Waals surface area contributed by atoms with Gasteiger partial charge >= 0.3 is 0 Å². The summed E-state index contributed by atoms with van der Waals surface area (Å²) < 4.78 is 0. The normalized spacial score (nSPS) is 24.9. The molecule has 0 saturated heterocycles. The summed E-state index contributed by atoms with van der Waals surface area (Å²) >= 11 is 0. The Hall–Kier alpha value is -2.99. The maximum Gasteiger partial charge on any atom is 0.163 e. The molecule has 0 N–H and O–H groups in total. The van der Waals surface area contributed by atoms with Crippen molar-refractivity contribution in [3.8, 4) is 11.8 Å². The van der Waals surface area contributed by atoms with Crippen LogP contribution >= 0.6 is 0 Å². The predicted octanol–water partition coefficient (Wildman–Crippen LogP) is 6.14. The van der Waals surface area contributed by atoms with Gasteiger partial charge in [0.25, 0.3) is 0 Å². The van der Waals surface area contributed by atoms with Gasteiger partial charge < -0.3 is 0 Å². The molecule has 33 heavy (non-hydrogen) atoms. The number of benzene rings is 2. The van der Waals surface area contributed by atoms with E-state index in [-0.39, 0.29) is 22.8 Å². The van der Waals surface area contributed by atoms with Crippen LogP contribution < -0.4 is 0 Å². The van der Waals surface area contributed by atoms with Crippen molar-refractivity contribution in [1.29, 1.82) is 0 Å². The van der Waals surface area contributed by atoms with Crippen LogP contribution in [-0.4, -0.2) is 17.3 Å². The van der Waals surface area contributed by atoms with E-state index in [1.54, 1.807) is 6.92 Å². The molecule has 0 aliphatic heterocycles. The number of hydrogen-bond acceptors (Lipinski definition) is 3. The molecule has 4 rings (SSSR count). The molecular formula is C30H32O3. The summed E-state index contributed by atoms with van der Waals surface area (Å²) in [7, 11) is 0. The number of carbonyl (C=O) groups excluding carboxylic acids is 3. The number of aryl methyl sites for hydroxylation is 2. The van der Waals surface area contributed by atoms with Crippen LogP contribution in [0.25, 0.3) is 0 Å². The first-order valence-electron chi connectivity index (χ1n) is 12.0. The summed E-state index contributed by atoms with van der Waals surface area (Å²) in [5.74, 6) is 5.99. The number of Topliss-reactive ketones (excluding diaryl/α,β-unsaturated/α-hetero) is 3. The van der Waals surface area contributed by atoms with Crippen molar-refractivity contribution in [2.24, 2.45) is 11.3 Å². The molecule has 2 aromatic carbocycles. The molecule has 0 heterocycles. The second kappa shape index (κ2) is 9.48. The third-order valence-corrected chi connectivity index (χ3v) is 7.63. The quantitative estimate of drug-likeness (QED) is 0.326. The van der Waals surface area contributed by atoms with Crippen molar-refractivity contribution in [2.45, 2.75) is 71.6 Å². The molecule has 2 saturated carbocycles. The Kier molecular flexibility index (Phi) is 6.66. The fourth-order valence-corrected chi connectivity index (χ4v) is 6.01. The van der Waals surface area contributed by atoms with Crippen molar-refractivity contribution < 1.29 is 14.4 Å². The Balaban J connectivity index is 1.44. The summed E-state index contributed by atoms with van der Waals surface area (Å²) in [5, 5.41) is 0. The first-order valence-corrected chi connectivity index (χ1v) is 12.0. The lowest BCUT2D eigenvalue weighted by molar-refractivity contribution is -0.138. The zero-order chi connectivity index (χ0) is 23.6. The van der Waals surface area contributed by atoms with Crippen LogP contribution in [0, 0.1) is 37.0 Å². The van der Waals surface area contributed by atoms with Gasteiger partial charge in [0.2, 0.25) is 0 Å². The lowest BCUT2D eigenvalue weighted by atomic mass is 9.59. The van der Waals surface area contributed by atoms with E-state index >= 15 is 0 Å². The molecule has 2 aliphatic carbocycles. The fourth-order valence-electron chi connectivity index (χ4n) is 6.01. The average Bonchev–Trinajstić information content (AvgIpc) is 2.78. The van der Waals surface area contributed by atoms with E-state index in [0.717, 1.165) is 53.5 Å². The van der Waals surface area contributed by atoms with E-state index in [9.17, 15) is 14.4 Å². The first-order chi connectivity index (χ1) is 15.8. The minimum Gasteiger partial charge on any atom is -0.299 e. The van der Waals surface area contributed by atoms with Crippen LogP contribution in [0.5, 0.6) is 0 Å². The summed E-state index contributed by atoms with van der Waals surface area (Å²) in [6, 6.07) is 13.4. The van der Waals surface area contributed by atoms with Crippen LogP contribution in [0.1, 0.15) is 90.4 Å². The van der Waals surface area contributed by atoms with E-state index < -0.39 is 5.92 Å². The largest absolute Gasteiger partial charge is 0.299 e. The standard InChI is InChI=1S/C30H32O3/c1-4-8-23-15-20(2)28(21(3)16-23)29-26(32)18-30(19-27(29)33)13-11-22(12-14-30)17-25(31)24-9-6-5-7-10-24/h5-7,9-10,15-16,22,29H,11-14,17-19H2,1-3H3. The van der Waals surface area contributed by atoms with E-state index in [2.05, 4.69) is 11.8 Å². The van der Waals surface area contributed by atoms with Gasteiger partial charge in [-0.3, -0.25) is 14.4 Å². The van der Waals surface area contributed by atoms with Crippen LogP contribution in [0.4, 0.5) is 0 Å². The van der Waals surface area contributed by atoms with Crippen molar-refractivity contribution in [2.75, 3.05) is 0 Å². The van der Waals surface area contributed by atoms with Crippen molar-refractivity contribution in [3.63, 3.8) is 0 Å². The molecule has 0 bridgehead atoms. The van der Waals surface area contributed by atoms with Gasteiger partial charge in [-0.1, -0.05) is 36.3 Å². The molecule has 2 fully saturated rings. The Bertz CT molecular complexity index is 1100. The summed E-state index contributed by atoms with van der Waals surface area (Å²) in [6.07, 6.45) is 5.02. The summed E-state index contributed by atoms with van der Waals surface area (Å²) in [5.41, 5.74) is 4.30. The van der Waals surface area contributed by atoms with Crippen molar-refractivity contribution in [1.82, 2.24) is 0 Å². The lowest BCUT2D eigenvalue weighted by Crippen LogP contribution is -2.42. The van der Waals surface area contributed by atoms with Gasteiger partial charge in [0.1, 0.15) is 17.5 Å². The Labute approximate surface area is 197 Å². The third-order valence-electron chi connectivity index (χ3n) is 7.63. The third kappa shape index (κ3) is 4.86. The number of ketones is 3. The minimum absolute atomic E-state index is 0.0607. The van der Waals surface area contributed by atoms with Crippen LogP contribution in [-0.2, 0) is 9.59 Å². The molecular weight excluding hydrogens is 408 g/mol. The lowest BCUT2D eigenvalue weighted by Gasteiger charge is -2.43. The molecule has 0 atom stereocenters. The highest BCUT2D eigenvalue weighted by Gasteiger charge is 2.47. The van der Waals surface area contributed by atoms with Gasteiger partial charge in [-0.2, -0.15) is 0 Å². The Morgan fingerprint density at radius 3 is 2.09 bits per heavy atom. The maximum atomic E-state index is 13.3. The topological polar surface area (TPSA) is 51.2 Å². The monoisotopic (exact) mass is 440 g/mol. The highest BCUT2D eigenvalue weighted by molar-refractivity contribution is 6.10. The molecule has 2 aromatic rings. The number of rotatable bonds is 4. The first kappa shape index (κ1) is 23.2. The second-order valence-corrected chi connectivity index (χ2v) is 10.1. The maximum absolute atomic E-state index is 13.3. The van der Waals surface area contributed by atoms with Crippen LogP contribution in [0.3, 0.4) is 0 Å². The zero-order valence-electron chi connectivity index (χ0n) is 19.9. The van der Waals surface area contributed by atoms with Gasteiger partial charge in [-0.25, -0.2) is 0 Å². The number of carbonyl (C=O) groups is 3. The molecule has 0 aromatic heterocycles. The SMILES string of the molecule is CC#Cc1cc(C)c(C2C(=O)CC3(CCC(CC(=O)c4ccccc4)CC3)CC2=O)c(C)c1. The molecule has 170 valence electrons. The van der Waals surface area contributed by atoms with Gasteiger partial charge in [-0.15, -0.1) is 5.92 Å². The molecule has 3 heteroatoms. The molecule has 1 spiro atoms. The second-order valence-electron chi connectivity index (χ2n) is 10.1.